The number of rotatable bonds is 3. The van der Waals surface area contributed by atoms with Gasteiger partial charge in [0, 0.05) is 24.7 Å². The van der Waals surface area contributed by atoms with Crippen LogP contribution in [0.4, 0.5) is 4.79 Å². The minimum atomic E-state index is -0.375. The molecule has 0 atom stereocenters. The first-order valence-corrected chi connectivity index (χ1v) is 11.0. The van der Waals surface area contributed by atoms with Gasteiger partial charge in [-0.3, -0.25) is 24.7 Å². The molecule has 0 bridgehead atoms. The SMILES string of the molecule is C=CC(=O)N1CCc2ccc(-c3ccnc4ccc(C=C5SC(=O)NC5=O)cc34)cc2C1. The highest BCUT2D eigenvalue weighted by atomic mass is 32.2. The number of nitrogens with zero attached hydrogens (tertiary/aromatic N) is 2. The van der Waals surface area contributed by atoms with Crippen molar-refractivity contribution in [2.24, 2.45) is 0 Å². The third kappa shape index (κ3) is 3.71. The number of imide groups is 1. The van der Waals surface area contributed by atoms with E-state index in [0.29, 0.717) is 18.0 Å². The van der Waals surface area contributed by atoms with Crippen LogP contribution in [0, 0.1) is 0 Å². The summed E-state index contributed by atoms with van der Waals surface area (Å²) in [5.74, 6) is -0.430. The van der Waals surface area contributed by atoms with E-state index < -0.39 is 0 Å². The molecule has 2 aromatic carbocycles. The fourth-order valence-corrected chi connectivity index (χ4v) is 4.80. The zero-order valence-corrected chi connectivity index (χ0v) is 17.9. The fraction of sp³-hybridized carbons (Fsp3) is 0.120. The molecular formula is C25H19N3O3S. The predicted octanol–water partition coefficient (Wildman–Crippen LogP) is 4.30. The standard InChI is InChI=1S/C25H19N3O3S/c1-2-23(29)28-10-8-16-4-5-17(13-18(16)14-28)19-7-9-26-21-6-3-15(11-20(19)21)12-22-24(30)27-25(31)32-22/h2-7,9,11-13H,1,8,10,14H2,(H,27,30,31). The second-order valence-electron chi connectivity index (χ2n) is 7.68. The van der Waals surface area contributed by atoms with Crippen LogP contribution in [0.1, 0.15) is 16.7 Å². The molecule has 3 amide bonds. The number of hydrogen-bond donors (Lipinski definition) is 1. The first-order valence-electron chi connectivity index (χ1n) is 10.2. The fourth-order valence-electron chi connectivity index (χ4n) is 4.12. The highest BCUT2D eigenvalue weighted by Gasteiger charge is 2.25. The molecular weight excluding hydrogens is 422 g/mol. The van der Waals surface area contributed by atoms with Gasteiger partial charge in [-0.05, 0) is 82.4 Å². The minimum absolute atomic E-state index is 0.0552. The largest absolute Gasteiger partial charge is 0.335 e. The van der Waals surface area contributed by atoms with Crippen molar-refractivity contribution in [2.75, 3.05) is 6.54 Å². The number of benzene rings is 2. The Morgan fingerprint density at radius 3 is 2.78 bits per heavy atom. The summed E-state index contributed by atoms with van der Waals surface area (Å²) >= 11 is 0.901. The number of thioether (sulfide) groups is 1. The van der Waals surface area contributed by atoms with Crippen LogP contribution in [0.15, 0.2) is 66.2 Å². The van der Waals surface area contributed by atoms with E-state index in [-0.39, 0.29) is 17.1 Å². The maximum absolute atomic E-state index is 12.1. The first kappa shape index (κ1) is 20.2. The molecule has 0 spiro atoms. The molecule has 0 unspecified atom stereocenters. The number of fused-ring (bicyclic) bond motifs is 2. The maximum atomic E-state index is 12.1. The number of hydrogen-bond acceptors (Lipinski definition) is 5. The van der Waals surface area contributed by atoms with Crippen LogP contribution in [-0.2, 0) is 22.6 Å². The van der Waals surface area contributed by atoms with Gasteiger partial charge >= 0.3 is 0 Å². The van der Waals surface area contributed by atoms with E-state index in [1.807, 2.05) is 24.3 Å². The highest BCUT2D eigenvalue weighted by Crippen LogP contribution is 2.33. The molecule has 3 aromatic rings. The molecule has 1 saturated heterocycles. The lowest BCUT2D eigenvalue weighted by Gasteiger charge is -2.28. The Balaban J connectivity index is 1.55. The van der Waals surface area contributed by atoms with Gasteiger partial charge in [0.2, 0.25) is 5.91 Å². The number of aromatic nitrogens is 1. The summed E-state index contributed by atoms with van der Waals surface area (Å²) in [6, 6.07) is 14.1. The van der Waals surface area contributed by atoms with Gasteiger partial charge in [-0.25, -0.2) is 0 Å². The second kappa shape index (κ2) is 8.09. The quantitative estimate of drug-likeness (QED) is 0.613. The molecule has 7 heteroatoms. The van der Waals surface area contributed by atoms with Gasteiger partial charge in [-0.1, -0.05) is 24.8 Å². The van der Waals surface area contributed by atoms with Crippen LogP contribution in [0.2, 0.25) is 0 Å². The van der Waals surface area contributed by atoms with Crippen LogP contribution in [0.5, 0.6) is 0 Å². The van der Waals surface area contributed by atoms with Crippen molar-refractivity contribution in [1.29, 1.82) is 0 Å². The zero-order chi connectivity index (χ0) is 22.2. The Morgan fingerprint density at radius 2 is 2.00 bits per heavy atom. The molecule has 1 N–H and O–H groups in total. The van der Waals surface area contributed by atoms with Crippen molar-refractivity contribution in [2.45, 2.75) is 13.0 Å². The maximum Gasteiger partial charge on any atom is 0.290 e. The number of amides is 3. The molecule has 158 valence electrons. The Bertz CT molecular complexity index is 1350. The molecule has 5 rings (SSSR count). The van der Waals surface area contributed by atoms with Gasteiger partial charge in [-0.15, -0.1) is 0 Å². The van der Waals surface area contributed by atoms with Crippen LogP contribution in [0.25, 0.3) is 28.1 Å². The Labute approximate surface area is 189 Å². The van der Waals surface area contributed by atoms with Crippen molar-refractivity contribution in [1.82, 2.24) is 15.2 Å². The van der Waals surface area contributed by atoms with Gasteiger partial charge in [0.25, 0.3) is 11.1 Å². The third-order valence-corrected chi connectivity index (χ3v) is 6.53. The lowest BCUT2D eigenvalue weighted by Crippen LogP contribution is -2.34. The average molecular weight is 442 g/mol. The molecule has 6 nitrogen and oxygen atoms in total. The summed E-state index contributed by atoms with van der Waals surface area (Å²) in [4.78, 5) is 42.1. The summed E-state index contributed by atoms with van der Waals surface area (Å²) in [5, 5.41) is 2.87. The molecule has 32 heavy (non-hydrogen) atoms. The molecule has 2 aliphatic heterocycles. The van der Waals surface area contributed by atoms with E-state index in [2.05, 4.69) is 35.1 Å². The monoisotopic (exact) mass is 441 g/mol. The molecule has 0 radical (unpaired) electrons. The molecule has 0 aliphatic carbocycles. The summed E-state index contributed by atoms with van der Waals surface area (Å²) < 4.78 is 0. The highest BCUT2D eigenvalue weighted by molar-refractivity contribution is 8.18. The first-order chi connectivity index (χ1) is 15.5. The number of nitrogens with one attached hydrogen (secondary N) is 1. The van der Waals surface area contributed by atoms with Crippen LogP contribution in [-0.4, -0.2) is 33.5 Å². The average Bonchev–Trinajstić information content (AvgIpc) is 3.13. The van der Waals surface area contributed by atoms with Gasteiger partial charge < -0.3 is 4.90 Å². The van der Waals surface area contributed by atoms with E-state index in [9.17, 15) is 14.4 Å². The van der Waals surface area contributed by atoms with Crippen molar-refractivity contribution in [3.8, 4) is 11.1 Å². The zero-order valence-electron chi connectivity index (χ0n) is 17.1. The predicted molar refractivity (Wildman–Crippen MR) is 126 cm³/mol. The van der Waals surface area contributed by atoms with Crippen molar-refractivity contribution >= 4 is 45.8 Å². The van der Waals surface area contributed by atoms with Crippen LogP contribution in [0.3, 0.4) is 0 Å². The van der Waals surface area contributed by atoms with Gasteiger partial charge in [-0.2, -0.15) is 0 Å². The van der Waals surface area contributed by atoms with E-state index in [4.69, 9.17) is 0 Å². The second-order valence-corrected chi connectivity index (χ2v) is 8.70. The Morgan fingerprint density at radius 1 is 1.12 bits per heavy atom. The van der Waals surface area contributed by atoms with Gasteiger partial charge in [0.1, 0.15) is 0 Å². The van der Waals surface area contributed by atoms with E-state index >= 15 is 0 Å². The summed E-state index contributed by atoms with van der Waals surface area (Å²) in [6.07, 6.45) is 5.68. The molecule has 0 saturated carbocycles. The van der Waals surface area contributed by atoms with Gasteiger partial charge in [0.05, 0.1) is 10.4 Å². The van der Waals surface area contributed by atoms with E-state index in [1.54, 1.807) is 17.2 Å². The Kier molecular flexibility index (Phi) is 5.11. The lowest BCUT2D eigenvalue weighted by molar-refractivity contribution is -0.126. The van der Waals surface area contributed by atoms with Gasteiger partial charge in [0.15, 0.2) is 0 Å². The number of carbonyl (C=O) groups is 3. The Hall–Kier alpha value is -3.71. The number of pyridine rings is 1. The normalized spacial score (nSPS) is 16.9. The lowest BCUT2D eigenvalue weighted by atomic mass is 9.93. The van der Waals surface area contributed by atoms with Crippen molar-refractivity contribution < 1.29 is 14.4 Å². The molecule has 1 aromatic heterocycles. The molecule has 1 fully saturated rings. The summed E-state index contributed by atoms with van der Waals surface area (Å²) in [7, 11) is 0. The van der Waals surface area contributed by atoms with Crippen LogP contribution >= 0.6 is 11.8 Å². The summed E-state index contributed by atoms with van der Waals surface area (Å²) in [6.45, 7) is 4.86. The molecule has 2 aliphatic rings. The van der Waals surface area contributed by atoms with Crippen molar-refractivity contribution in [3.63, 3.8) is 0 Å². The third-order valence-electron chi connectivity index (χ3n) is 5.72. The van der Waals surface area contributed by atoms with E-state index in [1.165, 1.54) is 11.6 Å². The minimum Gasteiger partial charge on any atom is -0.335 e. The van der Waals surface area contributed by atoms with Crippen LogP contribution < -0.4 is 5.32 Å². The smallest absolute Gasteiger partial charge is 0.290 e. The van der Waals surface area contributed by atoms with Crippen molar-refractivity contribution in [3.05, 3.63) is 82.9 Å². The number of carbonyl (C=O) groups excluding carboxylic acids is 3. The molecule has 3 heterocycles. The topological polar surface area (TPSA) is 79.4 Å². The summed E-state index contributed by atoms with van der Waals surface area (Å²) in [5.41, 5.74) is 6.09. The van der Waals surface area contributed by atoms with E-state index in [0.717, 1.165) is 51.3 Å².